The zero-order valence-electron chi connectivity index (χ0n) is 51.1. The Balaban J connectivity index is 1.51. The summed E-state index contributed by atoms with van der Waals surface area (Å²) in [5.74, 6) is -11.4. The highest BCUT2D eigenvalue weighted by atomic mass is 16.4. The van der Waals surface area contributed by atoms with E-state index in [-0.39, 0.29) is 148 Å². The number of nitrogens with one attached hydrogen (secondary N) is 7. The third-order valence-electron chi connectivity index (χ3n) is 14.7. The molecule has 2 aromatic carbocycles. The first kappa shape index (κ1) is 76.4. The van der Waals surface area contributed by atoms with Crippen LogP contribution in [0.3, 0.4) is 0 Å². The summed E-state index contributed by atoms with van der Waals surface area (Å²) in [5, 5.41) is 84.4. The maximum Gasteiger partial charge on any atom is 0.326 e. The zero-order chi connectivity index (χ0) is 67.1. The molecule has 1 aliphatic rings. The summed E-state index contributed by atoms with van der Waals surface area (Å²) < 4.78 is 0. The summed E-state index contributed by atoms with van der Waals surface area (Å²) in [4.78, 5) is 168. The molecule has 0 radical (unpaired) electrons. The molecular weight excluding hydrogens is 1190 g/mol. The van der Waals surface area contributed by atoms with Crippen molar-refractivity contribution in [2.45, 2.75) is 133 Å². The number of carbonyl (C=O) groups excluding carboxylic acids is 6. The number of rotatable bonds is 42. The molecule has 1 fully saturated rings. The van der Waals surface area contributed by atoms with Crippen LogP contribution in [0.15, 0.2) is 60.7 Å². The van der Waals surface area contributed by atoms with Crippen molar-refractivity contribution in [3.05, 3.63) is 71.8 Å². The van der Waals surface area contributed by atoms with E-state index in [1.807, 2.05) is 0 Å². The standard InChI is InChI=1S/C60H89N11O20/c72-48(21-9-1-2-10-22-49(73)62-26-14-12-20-44(58(87)88)66-60(91)67-45(59(89)90)23-24-51(75)76)61-25-13-11-19-43(57(85)86)64-56(84)47(36-42-17-7-4-8-18-42)65-55(83)46(35-41-15-5-3-6-16-41)63-50(74)37-68-27-29-69(38-52(77)78)31-33-71(40-54(81)82)34-32-70(30-28-68)39-53(79)80/h3-8,15-18,43-47H,1-2,9-14,19-40H2,(H,61,72)(H,62,73)(H,63,74)(H,64,84)(H,65,83)(H,75,76)(H,77,78)(H,79,80)(H,81,82)(H,85,86)(H,87,88)(H,89,90)(H2,66,67,91)/t43-,44+,45+,46?,47?/m1/s1. The predicted molar refractivity (Wildman–Crippen MR) is 325 cm³/mol. The number of urea groups is 1. The Kier molecular flexibility index (Phi) is 36.1. The van der Waals surface area contributed by atoms with Gasteiger partial charge in [-0.1, -0.05) is 73.5 Å². The topological polar surface area (TPSA) is 461 Å². The molecule has 2 aromatic rings. The summed E-state index contributed by atoms with van der Waals surface area (Å²) in [6.45, 7) is 0.313. The molecule has 1 heterocycles. The lowest BCUT2D eigenvalue weighted by Gasteiger charge is -2.33. The number of hydrogen-bond acceptors (Lipinski definition) is 17. The Bertz CT molecular complexity index is 2660. The quantitative estimate of drug-likeness (QED) is 0.0372. The van der Waals surface area contributed by atoms with Crippen molar-refractivity contribution in [3.63, 3.8) is 0 Å². The van der Waals surface area contributed by atoms with Gasteiger partial charge in [0.25, 0.3) is 0 Å². The van der Waals surface area contributed by atoms with E-state index in [9.17, 15) is 93.0 Å². The van der Waals surface area contributed by atoms with E-state index in [1.165, 1.54) is 0 Å². The third kappa shape index (κ3) is 34.7. The number of carboxylic acids is 7. The second-order valence-corrected chi connectivity index (χ2v) is 22.2. The van der Waals surface area contributed by atoms with Crippen LogP contribution in [0.25, 0.3) is 0 Å². The van der Waals surface area contributed by atoms with Gasteiger partial charge in [-0.25, -0.2) is 19.2 Å². The van der Waals surface area contributed by atoms with Gasteiger partial charge in [0.2, 0.25) is 29.5 Å². The zero-order valence-corrected chi connectivity index (χ0v) is 51.1. The normalized spacial score (nSPS) is 15.3. The number of aliphatic carboxylic acids is 7. The summed E-state index contributed by atoms with van der Waals surface area (Å²) in [5.41, 5.74) is 1.28. The molecule has 0 saturated carbocycles. The predicted octanol–water partition coefficient (Wildman–Crippen LogP) is -0.530. The SMILES string of the molecule is O=C(O)CC[C@H](NC(=O)N[C@@H](CCCCNC(=O)CCCCCCC(=O)NCCCC[C@@H](NC(=O)C(Cc1ccccc1)NC(=O)C(Cc1ccccc1)NC(=O)CN1CCN(CC(=O)O)CCN(CC(=O)O)CCN(CC(=O)O)CC1)C(=O)O)C(=O)O)C(=O)O. The fourth-order valence-corrected chi connectivity index (χ4v) is 9.79. The Labute approximate surface area is 527 Å². The third-order valence-corrected chi connectivity index (χ3v) is 14.7. The molecular formula is C60H89N11O20. The van der Waals surface area contributed by atoms with Crippen molar-refractivity contribution in [1.82, 2.24) is 56.8 Å². The van der Waals surface area contributed by atoms with Gasteiger partial charge in [-0.3, -0.25) is 62.8 Å². The van der Waals surface area contributed by atoms with Crippen LogP contribution in [0.4, 0.5) is 4.79 Å². The van der Waals surface area contributed by atoms with Crippen molar-refractivity contribution >= 4 is 77.4 Å². The molecule has 504 valence electrons. The Morgan fingerprint density at radius 2 is 0.681 bits per heavy atom. The lowest BCUT2D eigenvalue weighted by atomic mass is 10.0. The molecule has 1 saturated heterocycles. The summed E-state index contributed by atoms with van der Waals surface area (Å²) in [6.07, 6.45) is 3.13. The molecule has 1 aliphatic heterocycles. The van der Waals surface area contributed by atoms with Crippen LogP contribution in [-0.4, -0.2) is 255 Å². The molecule has 91 heavy (non-hydrogen) atoms. The molecule has 7 amide bonds. The lowest BCUT2D eigenvalue weighted by Crippen LogP contribution is -2.57. The van der Waals surface area contributed by atoms with Gasteiger partial charge in [-0.05, 0) is 68.9 Å². The van der Waals surface area contributed by atoms with Gasteiger partial charge in [0.05, 0.1) is 26.2 Å². The number of unbranched alkanes of at least 4 members (excludes halogenated alkanes) is 5. The number of carboxylic acid groups (broad SMARTS) is 7. The van der Waals surface area contributed by atoms with E-state index in [2.05, 4.69) is 37.2 Å². The van der Waals surface area contributed by atoms with Crippen LogP contribution in [0.2, 0.25) is 0 Å². The van der Waals surface area contributed by atoms with Crippen molar-refractivity contribution in [1.29, 1.82) is 0 Å². The van der Waals surface area contributed by atoms with Gasteiger partial charge < -0.3 is 73.0 Å². The summed E-state index contributed by atoms with van der Waals surface area (Å²) in [6, 6.07) is 9.48. The minimum atomic E-state index is -1.53. The maximum atomic E-state index is 14.4. The van der Waals surface area contributed by atoms with Crippen molar-refractivity contribution in [2.75, 3.05) is 91.6 Å². The number of hydrogen-bond donors (Lipinski definition) is 14. The fourth-order valence-electron chi connectivity index (χ4n) is 9.79. The van der Waals surface area contributed by atoms with Gasteiger partial charge in [0.15, 0.2) is 0 Å². The number of amides is 7. The van der Waals surface area contributed by atoms with Gasteiger partial charge >= 0.3 is 47.8 Å². The van der Waals surface area contributed by atoms with Crippen molar-refractivity contribution in [3.8, 4) is 0 Å². The first-order valence-electron chi connectivity index (χ1n) is 30.4. The molecule has 5 atom stereocenters. The molecule has 2 unspecified atom stereocenters. The van der Waals surface area contributed by atoms with E-state index in [4.69, 9.17) is 5.11 Å². The maximum absolute atomic E-state index is 14.4. The summed E-state index contributed by atoms with van der Waals surface area (Å²) >= 11 is 0. The highest BCUT2D eigenvalue weighted by molar-refractivity contribution is 5.94. The molecule has 0 aliphatic carbocycles. The lowest BCUT2D eigenvalue weighted by molar-refractivity contribution is -0.143. The number of carbonyl (C=O) groups is 13. The monoisotopic (exact) mass is 1280 g/mol. The van der Waals surface area contributed by atoms with Gasteiger partial charge in [0.1, 0.15) is 30.2 Å². The second-order valence-electron chi connectivity index (χ2n) is 22.2. The van der Waals surface area contributed by atoms with Crippen molar-refractivity contribution in [2.24, 2.45) is 0 Å². The second kappa shape index (κ2) is 43.0. The Morgan fingerprint density at radius 1 is 0.341 bits per heavy atom. The highest BCUT2D eigenvalue weighted by Crippen LogP contribution is 2.12. The van der Waals surface area contributed by atoms with Gasteiger partial charge in [-0.2, -0.15) is 0 Å². The van der Waals surface area contributed by atoms with E-state index in [0.717, 1.165) is 0 Å². The van der Waals surface area contributed by atoms with Crippen LogP contribution in [0, 0.1) is 0 Å². The first-order valence-corrected chi connectivity index (χ1v) is 30.4. The first-order chi connectivity index (χ1) is 43.4. The minimum absolute atomic E-state index is 0.0204. The molecule has 14 N–H and O–H groups in total. The van der Waals surface area contributed by atoms with Crippen LogP contribution in [-0.2, 0) is 70.4 Å². The number of nitrogens with zero attached hydrogens (tertiary/aromatic N) is 4. The van der Waals surface area contributed by atoms with Gasteiger partial charge in [-0.15, -0.1) is 0 Å². The minimum Gasteiger partial charge on any atom is -0.481 e. The Morgan fingerprint density at radius 3 is 1.04 bits per heavy atom. The smallest absolute Gasteiger partial charge is 0.326 e. The molecule has 0 aromatic heterocycles. The molecule has 31 heteroatoms. The fraction of sp³-hybridized carbons (Fsp3) is 0.583. The highest BCUT2D eigenvalue weighted by Gasteiger charge is 2.32. The van der Waals surface area contributed by atoms with Crippen LogP contribution < -0.4 is 37.2 Å². The Hall–Kier alpha value is -8.81. The van der Waals surface area contributed by atoms with Gasteiger partial charge in [0, 0.05) is 97.6 Å². The van der Waals surface area contributed by atoms with Crippen LogP contribution in [0.1, 0.15) is 101 Å². The van der Waals surface area contributed by atoms with Crippen molar-refractivity contribution < 1.29 is 98.1 Å². The van der Waals surface area contributed by atoms with Crippen LogP contribution >= 0.6 is 0 Å². The van der Waals surface area contributed by atoms with Crippen LogP contribution in [0.5, 0.6) is 0 Å². The van der Waals surface area contributed by atoms with E-state index in [0.29, 0.717) is 56.1 Å². The largest absolute Gasteiger partial charge is 0.481 e. The number of benzene rings is 2. The molecule has 31 nitrogen and oxygen atoms in total. The molecule has 0 bridgehead atoms. The molecule has 3 rings (SSSR count). The average molecular weight is 1280 g/mol. The summed E-state index contributed by atoms with van der Waals surface area (Å²) in [7, 11) is 0. The van der Waals surface area contributed by atoms with E-state index >= 15 is 0 Å². The molecule has 0 spiro atoms. The van der Waals surface area contributed by atoms with E-state index in [1.54, 1.807) is 80.3 Å². The average Bonchev–Trinajstić information content (AvgIpc) is 2.78. The van der Waals surface area contributed by atoms with E-state index < -0.39 is 109 Å².